The first-order valence-corrected chi connectivity index (χ1v) is 13.2. The molecule has 192 valence electrons. The van der Waals surface area contributed by atoms with E-state index in [1.165, 1.54) is 31.4 Å². The zero-order valence-corrected chi connectivity index (χ0v) is 21.5. The Morgan fingerprint density at radius 3 is 2.49 bits per heavy atom. The van der Waals surface area contributed by atoms with Gasteiger partial charge in [-0.15, -0.1) is 0 Å². The molecule has 0 radical (unpaired) electrons. The van der Waals surface area contributed by atoms with E-state index >= 15 is 0 Å². The molecular weight excluding hydrogens is 465 g/mol. The predicted octanol–water partition coefficient (Wildman–Crippen LogP) is 7.72. The highest BCUT2D eigenvalue weighted by molar-refractivity contribution is 5.95. The second-order valence-electron chi connectivity index (χ2n) is 9.63. The van der Waals surface area contributed by atoms with Crippen molar-refractivity contribution in [1.82, 2.24) is 4.90 Å². The number of hydrogen-bond donors (Lipinski definition) is 1. The number of likely N-dealkylation sites (N-methyl/N-ethyl adjacent to an activating group) is 1. The number of benzene rings is 4. The summed E-state index contributed by atoms with van der Waals surface area (Å²) in [7, 11) is 0. The van der Waals surface area contributed by atoms with E-state index in [0.29, 0.717) is 12.4 Å². The number of halogens is 1. The van der Waals surface area contributed by atoms with Gasteiger partial charge in [-0.3, -0.25) is 0 Å². The van der Waals surface area contributed by atoms with Crippen molar-refractivity contribution in [2.24, 2.45) is 0 Å². The Morgan fingerprint density at radius 2 is 1.70 bits per heavy atom. The average Bonchev–Trinajstić information content (AvgIpc) is 2.91. The number of unbranched alkanes of at least 4 members (excludes halogenated alkanes) is 2. The molecule has 4 aromatic rings. The first-order chi connectivity index (χ1) is 18.1. The third-order valence-corrected chi connectivity index (χ3v) is 7.17. The Morgan fingerprint density at radius 1 is 0.892 bits per heavy atom. The summed E-state index contributed by atoms with van der Waals surface area (Å²) in [5.41, 5.74) is 3.84. The van der Waals surface area contributed by atoms with Gasteiger partial charge in [0, 0.05) is 23.7 Å². The maximum Gasteiger partial charge on any atom is 0.150 e. The van der Waals surface area contributed by atoms with E-state index in [2.05, 4.69) is 18.7 Å². The van der Waals surface area contributed by atoms with Gasteiger partial charge < -0.3 is 19.5 Å². The fourth-order valence-corrected chi connectivity index (χ4v) is 5.14. The number of ether oxygens (including phenoxy) is 2. The fraction of sp³-hybridized carbons (Fsp3) is 0.312. The Labute approximate surface area is 218 Å². The summed E-state index contributed by atoms with van der Waals surface area (Å²) in [6.07, 6.45) is 3.30. The molecule has 4 nitrogen and oxygen atoms in total. The summed E-state index contributed by atoms with van der Waals surface area (Å²) >= 11 is 0. The largest absolute Gasteiger partial charge is 0.508 e. The van der Waals surface area contributed by atoms with E-state index in [9.17, 15) is 9.50 Å². The van der Waals surface area contributed by atoms with Crippen LogP contribution in [-0.4, -0.2) is 36.2 Å². The summed E-state index contributed by atoms with van der Waals surface area (Å²) in [6.45, 7) is 8.10. The van der Waals surface area contributed by atoms with E-state index in [1.54, 1.807) is 18.2 Å². The van der Waals surface area contributed by atoms with Crippen molar-refractivity contribution in [3.8, 4) is 28.4 Å². The quantitative estimate of drug-likeness (QED) is 0.227. The number of aromatic hydroxyl groups is 1. The molecule has 37 heavy (non-hydrogen) atoms. The minimum absolute atomic E-state index is 0.219. The summed E-state index contributed by atoms with van der Waals surface area (Å²) in [5.74, 6) is 1.24. The van der Waals surface area contributed by atoms with Crippen LogP contribution in [0.1, 0.15) is 50.3 Å². The van der Waals surface area contributed by atoms with Gasteiger partial charge in [-0.2, -0.15) is 0 Å². The van der Waals surface area contributed by atoms with Gasteiger partial charge in [0.2, 0.25) is 0 Å². The Balaban J connectivity index is 1.40. The molecule has 1 aliphatic heterocycles. The van der Waals surface area contributed by atoms with Gasteiger partial charge in [0.25, 0.3) is 0 Å². The van der Waals surface area contributed by atoms with Crippen molar-refractivity contribution in [3.63, 3.8) is 0 Å². The Bertz CT molecular complexity index is 1370. The lowest BCUT2D eigenvalue weighted by Crippen LogP contribution is -2.29. The van der Waals surface area contributed by atoms with E-state index < -0.39 is 6.10 Å². The van der Waals surface area contributed by atoms with Crippen LogP contribution in [0.4, 0.5) is 4.39 Å². The van der Waals surface area contributed by atoms with Gasteiger partial charge in [0.15, 0.2) is 6.10 Å². The Hall–Kier alpha value is -3.57. The van der Waals surface area contributed by atoms with Gasteiger partial charge in [-0.1, -0.05) is 57.0 Å². The lowest BCUT2D eigenvalue weighted by atomic mass is 9.86. The van der Waals surface area contributed by atoms with Crippen molar-refractivity contribution in [2.45, 2.75) is 39.2 Å². The van der Waals surface area contributed by atoms with Crippen molar-refractivity contribution in [3.05, 3.63) is 89.7 Å². The molecule has 0 saturated carbocycles. The molecule has 1 aliphatic rings. The molecule has 0 spiro atoms. The Kier molecular flexibility index (Phi) is 7.61. The fourth-order valence-electron chi connectivity index (χ4n) is 5.14. The number of nitrogens with zero attached hydrogens (tertiary/aromatic N) is 1. The number of fused-ring (bicyclic) bond motifs is 5. The molecule has 1 unspecified atom stereocenters. The van der Waals surface area contributed by atoms with Crippen LogP contribution < -0.4 is 9.47 Å². The van der Waals surface area contributed by atoms with Crippen LogP contribution in [0.3, 0.4) is 0 Å². The molecule has 0 bridgehead atoms. The van der Waals surface area contributed by atoms with E-state index in [1.807, 2.05) is 42.5 Å². The maximum atomic E-state index is 14.1. The molecule has 1 N–H and O–H groups in total. The van der Waals surface area contributed by atoms with E-state index in [0.717, 1.165) is 58.4 Å². The molecule has 4 aromatic carbocycles. The normalized spacial score (nSPS) is 14.3. The lowest BCUT2D eigenvalue weighted by molar-refractivity contribution is 0.212. The summed E-state index contributed by atoms with van der Waals surface area (Å²) < 4.78 is 26.6. The monoisotopic (exact) mass is 499 g/mol. The predicted molar refractivity (Wildman–Crippen MR) is 147 cm³/mol. The maximum absolute atomic E-state index is 14.1. The van der Waals surface area contributed by atoms with Gasteiger partial charge >= 0.3 is 0 Å². The molecule has 0 amide bonds. The molecule has 0 aromatic heterocycles. The first kappa shape index (κ1) is 25.1. The molecular formula is C32H34FNO3. The van der Waals surface area contributed by atoms with Gasteiger partial charge in [-0.25, -0.2) is 4.39 Å². The number of phenols is 1. The van der Waals surface area contributed by atoms with Crippen molar-refractivity contribution < 1.29 is 19.0 Å². The first-order valence-electron chi connectivity index (χ1n) is 13.2. The average molecular weight is 500 g/mol. The topological polar surface area (TPSA) is 41.9 Å². The second kappa shape index (κ2) is 11.2. The molecule has 1 heterocycles. The summed E-state index contributed by atoms with van der Waals surface area (Å²) in [4.78, 5) is 2.43. The van der Waals surface area contributed by atoms with Crippen molar-refractivity contribution in [1.29, 1.82) is 0 Å². The van der Waals surface area contributed by atoms with Gasteiger partial charge in [0.05, 0.1) is 0 Å². The zero-order chi connectivity index (χ0) is 25.8. The highest BCUT2D eigenvalue weighted by atomic mass is 19.1. The summed E-state index contributed by atoms with van der Waals surface area (Å²) in [6, 6.07) is 22.1. The van der Waals surface area contributed by atoms with Gasteiger partial charge in [-0.05, 0) is 77.8 Å². The van der Waals surface area contributed by atoms with Crippen LogP contribution >= 0.6 is 0 Å². The molecule has 0 saturated heterocycles. The molecule has 0 fully saturated rings. The van der Waals surface area contributed by atoms with Crippen molar-refractivity contribution in [2.75, 3.05) is 26.2 Å². The smallest absolute Gasteiger partial charge is 0.150 e. The van der Waals surface area contributed by atoms with E-state index in [-0.39, 0.29) is 11.6 Å². The third kappa shape index (κ3) is 5.42. The van der Waals surface area contributed by atoms with Crippen LogP contribution in [0.2, 0.25) is 0 Å². The van der Waals surface area contributed by atoms with Crippen LogP contribution in [0.25, 0.3) is 21.9 Å². The number of phenolic OH excluding ortho intramolecular Hbond substituents is 1. The minimum Gasteiger partial charge on any atom is -0.508 e. The lowest BCUT2D eigenvalue weighted by Gasteiger charge is -2.30. The van der Waals surface area contributed by atoms with Gasteiger partial charge in [0.1, 0.15) is 29.7 Å². The number of rotatable bonds is 10. The van der Waals surface area contributed by atoms with Crippen LogP contribution in [0.15, 0.2) is 72.8 Å². The second-order valence-corrected chi connectivity index (χ2v) is 9.63. The standard InChI is InChI=1S/C32H34FNO3/c1-3-5-6-17-34(4-2)18-19-36-26-12-7-22(8-13-26)32-31-27-16-11-25(35)20-23(27)9-14-29(31)28-15-10-24(33)21-30(28)37-32/h7-16,20-21,32,35H,3-6,17-19H2,1-2H3. The highest BCUT2D eigenvalue weighted by Gasteiger charge is 2.29. The number of hydrogen-bond acceptors (Lipinski definition) is 4. The molecule has 0 aliphatic carbocycles. The SMILES string of the molecule is CCCCCN(CC)CCOc1ccc(C2Oc3cc(F)ccc3-c3ccc4cc(O)ccc4c32)cc1. The molecule has 1 atom stereocenters. The zero-order valence-electron chi connectivity index (χ0n) is 21.5. The minimum atomic E-state index is -0.416. The van der Waals surface area contributed by atoms with Crippen molar-refractivity contribution >= 4 is 10.8 Å². The highest BCUT2D eigenvalue weighted by Crippen LogP contribution is 2.48. The van der Waals surface area contributed by atoms with Crippen LogP contribution in [0, 0.1) is 5.82 Å². The molecule has 5 rings (SSSR count). The van der Waals surface area contributed by atoms with Crippen LogP contribution in [-0.2, 0) is 0 Å². The summed E-state index contributed by atoms with van der Waals surface area (Å²) in [5, 5.41) is 11.9. The molecule has 5 heteroatoms. The third-order valence-electron chi connectivity index (χ3n) is 7.17. The van der Waals surface area contributed by atoms with Crippen LogP contribution in [0.5, 0.6) is 17.2 Å². The van der Waals surface area contributed by atoms with E-state index in [4.69, 9.17) is 9.47 Å².